The van der Waals surface area contributed by atoms with E-state index in [1.165, 1.54) is 6.07 Å². The first-order valence-electron chi connectivity index (χ1n) is 11.2. The maximum absolute atomic E-state index is 14.4. The summed E-state index contributed by atoms with van der Waals surface area (Å²) in [4.78, 5) is 0. The largest absolute Gasteiger partial charge is 0.435 e. The number of rotatable bonds is 6. The molecule has 2 aliphatic carbocycles. The first-order valence-corrected chi connectivity index (χ1v) is 11.2. The minimum Gasteiger partial charge on any atom is -0.435 e. The lowest BCUT2D eigenvalue weighted by molar-refractivity contribution is -0.0498. The summed E-state index contributed by atoms with van der Waals surface area (Å²) in [6.07, 6.45) is 9.85. The van der Waals surface area contributed by atoms with Crippen molar-refractivity contribution < 1.29 is 22.3 Å². The Morgan fingerprint density at radius 1 is 1.06 bits per heavy atom. The van der Waals surface area contributed by atoms with Crippen LogP contribution in [-0.2, 0) is 6.42 Å². The Labute approximate surface area is 181 Å². The third kappa shape index (κ3) is 4.65. The zero-order valence-electron chi connectivity index (χ0n) is 17.7. The standard InChI is InChI=1S/C26H28F4O/c1-2-3-4-5-16-8-11-20-22(13-12-21-23(20)14-18(27)15-24(21)28)25(16)17-6-9-19(10-7-17)31-26(29)30/h4-7,9-10,14-16,20,22,25-26H,2-3,8,11-13H2,1H3. The van der Waals surface area contributed by atoms with E-state index in [0.717, 1.165) is 49.3 Å². The van der Waals surface area contributed by atoms with Crippen molar-refractivity contribution >= 4 is 0 Å². The van der Waals surface area contributed by atoms with Gasteiger partial charge in [-0.05, 0) is 90.7 Å². The summed E-state index contributed by atoms with van der Waals surface area (Å²) in [5, 5.41) is 0. The zero-order valence-corrected chi connectivity index (χ0v) is 17.7. The first kappa shape index (κ1) is 21.9. The van der Waals surface area contributed by atoms with Crippen LogP contribution in [0.4, 0.5) is 17.6 Å². The second-order valence-electron chi connectivity index (χ2n) is 8.70. The van der Waals surface area contributed by atoms with Gasteiger partial charge in [0.05, 0.1) is 0 Å². The number of halogens is 4. The van der Waals surface area contributed by atoms with Crippen LogP contribution in [0.25, 0.3) is 0 Å². The van der Waals surface area contributed by atoms with Crippen molar-refractivity contribution in [3.8, 4) is 5.75 Å². The third-order valence-electron chi connectivity index (χ3n) is 6.90. The first-order chi connectivity index (χ1) is 15.0. The quantitative estimate of drug-likeness (QED) is 0.335. The van der Waals surface area contributed by atoms with Gasteiger partial charge in [-0.2, -0.15) is 8.78 Å². The average Bonchev–Trinajstić information content (AvgIpc) is 2.73. The van der Waals surface area contributed by atoms with Gasteiger partial charge in [0.15, 0.2) is 0 Å². The molecule has 0 heterocycles. The SMILES string of the molecule is CCCC=CC1CCC2c3cc(F)cc(F)c3CCC2C1c1ccc(OC(F)F)cc1. The molecular formula is C26H28F4O. The fraction of sp³-hybridized carbons (Fsp3) is 0.462. The molecule has 1 saturated carbocycles. The van der Waals surface area contributed by atoms with Crippen molar-refractivity contribution in [2.45, 2.75) is 63.9 Å². The molecule has 0 aromatic heterocycles. The number of allylic oxidation sites excluding steroid dienone is 2. The number of ether oxygens (including phenoxy) is 1. The van der Waals surface area contributed by atoms with E-state index in [1.54, 1.807) is 12.1 Å². The maximum atomic E-state index is 14.4. The number of hydrogen-bond donors (Lipinski definition) is 0. The van der Waals surface area contributed by atoms with E-state index in [0.29, 0.717) is 17.9 Å². The van der Waals surface area contributed by atoms with Crippen molar-refractivity contribution in [2.75, 3.05) is 0 Å². The monoisotopic (exact) mass is 432 g/mol. The molecule has 0 N–H and O–H groups in total. The van der Waals surface area contributed by atoms with E-state index >= 15 is 0 Å². The van der Waals surface area contributed by atoms with Crippen molar-refractivity contribution in [2.24, 2.45) is 11.8 Å². The Balaban J connectivity index is 1.69. The molecule has 0 saturated heterocycles. The van der Waals surface area contributed by atoms with Crippen LogP contribution in [0.1, 0.15) is 67.6 Å². The van der Waals surface area contributed by atoms with Gasteiger partial charge in [-0.25, -0.2) is 8.78 Å². The molecule has 4 atom stereocenters. The van der Waals surface area contributed by atoms with Crippen LogP contribution in [0.2, 0.25) is 0 Å². The highest BCUT2D eigenvalue weighted by atomic mass is 19.3. The molecule has 5 heteroatoms. The lowest BCUT2D eigenvalue weighted by Gasteiger charge is -2.46. The topological polar surface area (TPSA) is 9.23 Å². The lowest BCUT2D eigenvalue weighted by Crippen LogP contribution is -2.35. The molecule has 1 fully saturated rings. The van der Waals surface area contributed by atoms with E-state index in [2.05, 4.69) is 23.8 Å². The molecule has 4 rings (SSSR count). The maximum Gasteiger partial charge on any atom is 0.387 e. The fourth-order valence-electron chi connectivity index (χ4n) is 5.65. The molecule has 4 unspecified atom stereocenters. The Morgan fingerprint density at radius 2 is 1.84 bits per heavy atom. The van der Waals surface area contributed by atoms with Crippen molar-refractivity contribution in [3.05, 3.63) is 76.9 Å². The van der Waals surface area contributed by atoms with Gasteiger partial charge in [-0.15, -0.1) is 0 Å². The van der Waals surface area contributed by atoms with Gasteiger partial charge in [0, 0.05) is 6.07 Å². The predicted molar refractivity (Wildman–Crippen MR) is 113 cm³/mol. The van der Waals surface area contributed by atoms with Crippen LogP contribution in [-0.4, -0.2) is 6.61 Å². The molecule has 0 aliphatic heterocycles. The van der Waals surface area contributed by atoms with Gasteiger partial charge in [-0.3, -0.25) is 0 Å². The Morgan fingerprint density at radius 3 is 2.55 bits per heavy atom. The van der Waals surface area contributed by atoms with Crippen molar-refractivity contribution in [3.63, 3.8) is 0 Å². The van der Waals surface area contributed by atoms with E-state index in [-0.39, 0.29) is 23.5 Å². The molecule has 0 radical (unpaired) electrons. The van der Waals surface area contributed by atoms with Gasteiger partial charge in [0.25, 0.3) is 0 Å². The summed E-state index contributed by atoms with van der Waals surface area (Å²) in [6.45, 7) is -0.712. The highest BCUT2D eigenvalue weighted by Gasteiger charge is 2.43. The molecule has 2 aromatic carbocycles. The second-order valence-corrected chi connectivity index (χ2v) is 8.70. The van der Waals surface area contributed by atoms with E-state index in [4.69, 9.17) is 0 Å². The zero-order chi connectivity index (χ0) is 22.0. The van der Waals surface area contributed by atoms with Gasteiger partial charge in [0.2, 0.25) is 0 Å². The molecule has 31 heavy (non-hydrogen) atoms. The summed E-state index contributed by atoms with van der Waals surface area (Å²) in [7, 11) is 0. The van der Waals surface area contributed by atoms with Gasteiger partial charge in [-0.1, -0.05) is 37.6 Å². The van der Waals surface area contributed by atoms with Crippen LogP contribution in [0.5, 0.6) is 5.75 Å². The van der Waals surface area contributed by atoms with E-state index in [1.807, 2.05) is 12.1 Å². The van der Waals surface area contributed by atoms with Crippen LogP contribution in [0, 0.1) is 23.5 Å². The van der Waals surface area contributed by atoms with Gasteiger partial charge in [0.1, 0.15) is 17.4 Å². The molecule has 2 aromatic rings. The lowest BCUT2D eigenvalue weighted by atomic mass is 9.58. The second kappa shape index (κ2) is 9.46. The molecule has 0 spiro atoms. The molecule has 2 aliphatic rings. The van der Waals surface area contributed by atoms with Crippen molar-refractivity contribution in [1.82, 2.24) is 0 Å². The van der Waals surface area contributed by atoms with Gasteiger partial charge >= 0.3 is 6.61 Å². The van der Waals surface area contributed by atoms with Crippen LogP contribution >= 0.6 is 0 Å². The summed E-state index contributed by atoms with van der Waals surface area (Å²) in [5.41, 5.74) is 2.54. The number of benzene rings is 2. The number of alkyl halides is 2. The minimum atomic E-state index is -2.85. The summed E-state index contributed by atoms with van der Waals surface area (Å²) >= 11 is 0. The number of fused-ring (bicyclic) bond motifs is 3. The molecule has 0 bridgehead atoms. The Hall–Kier alpha value is -2.30. The minimum absolute atomic E-state index is 0.103. The highest BCUT2D eigenvalue weighted by molar-refractivity contribution is 5.39. The molecule has 166 valence electrons. The van der Waals surface area contributed by atoms with Crippen LogP contribution in [0.3, 0.4) is 0 Å². The summed E-state index contributed by atoms with van der Waals surface area (Å²) in [5.74, 6) is 0.0200. The van der Waals surface area contributed by atoms with Crippen LogP contribution < -0.4 is 4.74 Å². The molecular weight excluding hydrogens is 404 g/mol. The van der Waals surface area contributed by atoms with Gasteiger partial charge < -0.3 is 4.74 Å². The Kier molecular flexibility index (Phi) is 6.68. The summed E-state index contributed by atoms with van der Waals surface area (Å²) < 4.78 is 58.1. The smallest absolute Gasteiger partial charge is 0.387 e. The predicted octanol–water partition coefficient (Wildman–Crippen LogP) is 7.76. The van der Waals surface area contributed by atoms with E-state index in [9.17, 15) is 17.6 Å². The highest BCUT2D eigenvalue weighted by Crippen LogP contribution is 2.54. The summed E-state index contributed by atoms with van der Waals surface area (Å²) in [6, 6.07) is 9.42. The number of unbranched alkanes of at least 4 members (excludes halogenated alkanes) is 1. The third-order valence-corrected chi connectivity index (χ3v) is 6.90. The normalized spacial score (nSPS) is 25.5. The van der Waals surface area contributed by atoms with Crippen LogP contribution in [0.15, 0.2) is 48.6 Å². The molecule has 1 nitrogen and oxygen atoms in total. The van der Waals surface area contributed by atoms with Crippen molar-refractivity contribution in [1.29, 1.82) is 0 Å². The number of hydrogen-bond acceptors (Lipinski definition) is 1. The van der Waals surface area contributed by atoms with E-state index < -0.39 is 18.2 Å². The Bertz CT molecular complexity index is 922. The molecule has 0 amide bonds. The average molecular weight is 433 g/mol. The fourth-order valence-corrected chi connectivity index (χ4v) is 5.65.